The zero-order valence-corrected chi connectivity index (χ0v) is 32.2. The largest absolute Gasteiger partial charge is 0.497 e. The maximum Gasteiger partial charge on any atom is 0.338 e. The molecule has 8 rings (SSSR count). The monoisotopic (exact) mass is 779 g/mol. The average Bonchev–Trinajstić information content (AvgIpc) is 3.28. The van der Waals surface area contributed by atoms with E-state index in [1.807, 2.05) is 121 Å². The summed E-state index contributed by atoms with van der Waals surface area (Å²) in [4.78, 5) is 28.8. The molecule has 0 aromatic heterocycles. The highest BCUT2D eigenvalue weighted by Gasteiger charge is 2.53. The lowest BCUT2D eigenvalue weighted by atomic mass is 9.94. The van der Waals surface area contributed by atoms with Crippen LogP contribution in [0.1, 0.15) is 38.1 Å². The Morgan fingerprint density at radius 1 is 0.702 bits per heavy atom. The second-order valence-electron chi connectivity index (χ2n) is 13.6. The molecular weight excluding hydrogens is 737 g/mol. The van der Waals surface area contributed by atoms with Crippen molar-refractivity contribution in [3.8, 4) is 5.75 Å². The number of fused-ring (bicyclic) bond motifs is 1. The van der Waals surface area contributed by atoms with E-state index in [0.717, 1.165) is 27.0 Å². The van der Waals surface area contributed by atoms with E-state index in [4.69, 9.17) is 28.4 Å². The Hall–Kier alpha value is -5.67. The smallest absolute Gasteiger partial charge is 0.338 e. The van der Waals surface area contributed by atoms with Gasteiger partial charge < -0.3 is 33.7 Å². The summed E-state index contributed by atoms with van der Waals surface area (Å²) in [5, 5.41) is 6.31. The molecule has 288 valence electrons. The first-order valence-corrected chi connectivity index (χ1v) is 20.2. The summed E-state index contributed by atoms with van der Waals surface area (Å²) in [5.74, 6) is -0.256. The number of hydrogen-bond acceptors (Lipinski definition) is 8. The van der Waals surface area contributed by atoms with Crippen molar-refractivity contribution < 1.29 is 38.0 Å². The van der Waals surface area contributed by atoms with Gasteiger partial charge in [0.05, 0.1) is 25.9 Å². The number of ether oxygens (including phenoxy) is 6. The molecule has 2 saturated heterocycles. The number of nitrogens with one attached hydrogen (secondary N) is 1. The van der Waals surface area contributed by atoms with E-state index in [1.54, 1.807) is 31.4 Å². The Morgan fingerprint density at radius 3 is 1.95 bits per heavy atom. The summed E-state index contributed by atoms with van der Waals surface area (Å²) in [6.45, 7) is 0.294. The number of rotatable bonds is 12. The lowest BCUT2D eigenvalue weighted by Gasteiger charge is -2.48. The third kappa shape index (κ3) is 8.84. The van der Waals surface area contributed by atoms with Gasteiger partial charge in [0.2, 0.25) is 0 Å². The lowest BCUT2D eigenvalue weighted by Crippen LogP contribution is -2.67. The highest BCUT2D eigenvalue weighted by atomic mass is 31.1. The van der Waals surface area contributed by atoms with E-state index in [1.165, 1.54) is 0 Å². The van der Waals surface area contributed by atoms with Crippen LogP contribution < -0.4 is 26.0 Å². The molecule has 0 radical (unpaired) electrons. The molecular formula is C47H42NO8P. The van der Waals surface area contributed by atoms with Crippen LogP contribution in [0.3, 0.4) is 0 Å². The number of carbonyl (C=O) groups excluding carboxylic acids is 2. The van der Waals surface area contributed by atoms with E-state index < -0.39 is 50.8 Å². The molecule has 0 bridgehead atoms. The molecule has 6 aromatic carbocycles. The van der Waals surface area contributed by atoms with Gasteiger partial charge in [0.1, 0.15) is 24.0 Å². The van der Waals surface area contributed by atoms with E-state index in [9.17, 15) is 9.59 Å². The van der Waals surface area contributed by atoms with Crippen LogP contribution in [0.2, 0.25) is 0 Å². The molecule has 6 aromatic rings. The Bertz CT molecular complexity index is 2190. The molecule has 0 unspecified atom stereocenters. The normalized spacial score (nSPS) is 21.6. The molecule has 57 heavy (non-hydrogen) atoms. The first-order valence-electron chi connectivity index (χ1n) is 18.8. The second kappa shape index (κ2) is 18.1. The van der Waals surface area contributed by atoms with Crippen LogP contribution in [0.5, 0.6) is 5.75 Å². The number of carbonyl (C=O) groups is 2. The van der Waals surface area contributed by atoms with Crippen LogP contribution in [-0.4, -0.2) is 56.2 Å². The first-order chi connectivity index (χ1) is 28.1. The fraction of sp³-hybridized carbons (Fsp3) is 0.191. The maximum absolute atomic E-state index is 14.9. The zero-order valence-electron chi connectivity index (χ0n) is 31.3. The van der Waals surface area contributed by atoms with Crippen LogP contribution in [-0.2, 0) is 30.3 Å². The number of esters is 1. The fourth-order valence-electron chi connectivity index (χ4n) is 7.13. The average molecular weight is 780 g/mol. The van der Waals surface area contributed by atoms with Crippen molar-refractivity contribution >= 4 is 35.7 Å². The van der Waals surface area contributed by atoms with Gasteiger partial charge in [-0.1, -0.05) is 140 Å². The number of benzene rings is 6. The van der Waals surface area contributed by atoms with Crippen molar-refractivity contribution in [2.24, 2.45) is 0 Å². The molecule has 10 heteroatoms. The van der Waals surface area contributed by atoms with Crippen molar-refractivity contribution in [2.45, 2.75) is 43.5 Å². The molecule has 0 saturated carbocycles. The maximum atomic E-state index is 14.9. The summed E-state index contributed by atoms with van der Waals surface area (Å²) < 4.78 is 37.7. The van der Waals surface area contributed by atoms with Crippen molar-refractivity contribution in [3.63, 3.8) is 0 Å². The number of amides is 1. The summed E-state index contributed by atoms with van der Waals surface area (Å²) in [7, 11) is 0.470. The molecule has 2 fully saturated rings. The van der Waals surface area contributed by atoms with Gasteiger partial charge in [-0.2, -0.15) is 0 Å². The quantitative estimate of drug-likeness (QED) is 0.107. The molecule has 0 spiro atoms. The van der Waals surface area contributed by atoms with E-state index >= 15 is 0 Å². The van der Waals surface area contributed by atoms with Gasteiger partial charge in [0, 0.05) is 11.1 Å². The van der Waals surface area contributed by atoms with Crippen LogP contribution in [0.15, 0.2) is 170 Å². The van der Waals surface area contributed by atoms with Crippen LogP contribution in [0, 0.1) is 0 Å². The standard InChI is InChI=1S/C47H42NO8P/c1-51-35-28-26-34(27-29-35)46-53-31-39-42(56-46)43(55-45(50)33-18-8-3-9-19-33)41(47(54-39)52-30-32-16-6-2-7-17-32)48-44(49)38-24-14-15-25-40(38)57(36-20-10-4-11-21-36)37-22-12-5-13-23-37/h2-29,39,41-43,46-47H,30-31H2,1H3,(H,48,49)/t39-,41-,42-,43-,46-,47+/m1/s1. The van der Waals surface area contributed by atoms with Crippen molar-refractivity contribution in [3.05, 3.63) is 192 Å². The third-order valence-electron chi connectivity index (χ3n) is 9.95. The van der Waals surface area contributed by atoms with Gasteiger partial charge >= 0.3 is 5.97 Å². The van der Waals surface area contributed by atoms with Gasteiger partial charge in [-0.25, -0.2) is 4.79 Å². The zero-order chi connectivity index (χ0) is 39.0. The van der Waals surface area contributed by atoms with Crippen molar-refractivity contribution in [1.29, 1.82) is 0 Å². The summed E-state index contributed by atoms with van der Waals surface area (Å²) >= 11 is 0. The minimum absolute atomic E-state index is 0.119. The van der Waals surface area contributed by atoms with Crippen LogP contribution in [0.25, 0.3) is 0 Å². The van der Waals surface area contributed by atoms with Gasteiger partial charge in [0.25, 0.3) is 5.91 Å². The summed E-state index contributed by atoms with van der Waals surface area (Å²) in [6.07, 6.45) is -4.45. The van der Waals surface area contributed by atoms with Gasteiger partial charge in [-0.3, -0.25) is 4.79 Å². The molecule has 2 aliphatic heterocycles. The van der Waals surface area contributed by atoms with Crippen LogP contribution in [0.4, 0.5) is 0 Å². The lowest BCUT2D eigenvalue weighted by molar-refractivity contribution is -0.344. The first kappa shape index (κ1) is 38.2. The number of methoxy groups -OCH3 is 1. The highest BCUT2D eigenvalue weighted by Crippen LogP contribution is 2.38. The third-order valence-corrected chi connectivity index (χ3v) is 12.5. The number of hydrogen-bond donors (Lipinski definition) is 1. The Balaban J connectivity index is 1.17. The van der Waals surface area contributed by atoms with E-state index in [2.05, 4.69) is 29.6 Å². The second-order valence-corrected chi connectivity index (χ2v) is 15.8. The minimum Gasteiger partial charge on any atom is -0.497 e. The highest BCUT2D eigenvalue weighted by molar-refractivity contribution is 7.80. The summed E-state index contributed by atoms with van der Waals surface area (Å²) in [5.41, 5.74) is 2.49. The molecule has 0 aliphatic carbocycles. The molecule has 6 atom stereocenters. The molecule has 9 nitrogen and oxygen atoms in total. The van der Waals surface area contributed by atoms with Crippen molar-refractivity contribution in [2.75, 3.05) is 13.7 Å². The minimum atomic E-state index is -1.13. The van der Waals surface area contributed by atoms with Gasteiger partial charge in [0.15, 0.2) is 18.7 Å². The van der Waals surface area contributed by atoms with E-state index in [-0.39, 0.29) is 19.1 Å². The van der Waals surface area contributed by atoms with Crippen molar-refractivity contribution in [1.82, 2.24) is 5.32 Å². The molecule has 1 amide bonds. The van der Waals surface area contributed by atoms with E-state index in [0.29, 0.717) is 16.9 Å². The SMILES string of the molecule is COc1ccc([C@@H]2OC[C@H]3O[C@H](OCc4ccccc4)[C@H](NC(=O)c4ccccc4P(c4ccccc4)c4ccccc4)[C@@H](OC(=O)c4ccccc4)[C@@H]3O2)cc1. The predicted octanol–water partition coefficient (Wildman–Crippen LogP) is 6.83. The molecule has 1 N–H and O–H groups in total. The molecule has 2 heterocycles. The Labute approximate surface area is 333 Å². The Kier molecular flexibility index (Phi) is 12.1. The molecule has 2 aliphatic rings. The predicted molar refractivity (Wildman–Crippen MR) is 218 cm³/mol. The summed E-state index contributed by atoms with van der Waals surface area (Å²) in [6, 6.07) is 52.8. The fourth-order valence-corrected chi connectivity index (χ4v) is 9.57. The van der Waals surface area contributed by atoms with Crippen LogP contribution >= 0.6 is 7.92 Å². The van der Waals surface area contributed by atoms with Gasteiger partial charge in [-0.05, 0) is 59.7 Å². The topological polar surface area (TPSA) is 102 Å². The van der Waals surface area contributed by atoms with Gasteiger partial charge in [-0.15, -0.1) is 0 Å². The Morgan fingerprint density at radius 2 is 1.30 bits per heavy atom.